The smallest absolute Gasteiger partial charge is 0.203 e. The second-order valence-electron chi connectivity index (χ2n) is 7.50. The summed E-state index contributed by atoms with van der Waals surface area (Å²) in [5.74, 6) is 0. The van der Waals surface area contributed by atoms with Crippen molar-refractivity contribution in [3.05, 3.63) is 107 Å². The molecule has 0 spiro atoms. The summed E-state index contributed by atoms with van der Waals surface area (Å²) in [4.78, 5) is 4.61. The van der Waals surface area contributed by atoms with Gasteiger partial charge >= 0.3 is 0 Å². The van der Waals surface area contributed by atoms with Gasteiger partial charge in [-0.2, -0.15) is 10.2 Å². The summed E-state index contributed by atoms with van der Waals surface area (Å²) < 4.78 is 1.87. The van der Waals surface area contributed by atoms with Crippen molar-refractivity contribution in [2.24, 2.45) is 5.10 Å². The highest BCUT2D eigenvalue weighted by Gasteiger charge is 2.11. The largest absolute Gasteiger partial charge is 0.253 e. The molecular weight excluding hydrogens is 450 g/mol. The van der Waals surface area contributed by atoms with E-state index in [-0.39, 0.29) is 0 Å². The zero-order chi connectivity index (χ0) is 22.6. The SMILES string of the molecule is Cc1ccc(-c2nn(-c3ccccc3)cc2/C=N/Nc2nc(-c3cccc(Cl)c3)cs2)cc1. The van der Waals surface area contributed by atoms with Crippen LogP contribution in [0.3, 0.4) is 0 Å². The number of aryl methyl sites for hydroxylation is 1. The van der Waals surface area contributed by atoms with Crippen LogP contribution in [0.1, 0.15) is 11.1 Å². The molecule has 0 amide bonds. The molecule has 5 nitrogen and oxygen atoms in total. The van der Waals surface area contributed by atoms with Crippen molar-refractivity contribution in [2.45, 2.75) is 6.92 Å². The number of anilines is 1. The molecule has 2 aromatic heterocycles. The number of rotatable bonds is 6. The molecule has 2 heterocycles. The first kappa shape index (κ1) is 21.1. The lowest BCUT2D eigenvalue weighted by molar-refractivity contribution is 0.884. The van der Waals surface area contributed by atoms with Crippen LogP contribution in [-0.4, -0.2) is 21.0 Å². The number of thiazole rings is 1. The van der Waals surface area contributed by atoms with E-state index in [2.05, 4.69) is 46.7 Å². The molecule has 0 saturated carbocycles. The van der Waals surface area contributed by atoms with Crippen molar-refractivity contribution in [1.29, 1.82) is 0 Å². The molecule has 33 heavy (non-hydrogen) atoms. The summed E-state index contributed by atoms with van der Waals surface area (Å²) >= 11 is 7.59. The van der Waals surface area contributed by atoms with Gasteiger partial charge in [-0.05, 0) is 31.2 Å². The third kappa shape index (κ3) is 4.87. The lowest BCUT2D eigenvalue weighted by atomic mass is 10.1. The zero-order valence-electron chi connectivity index (χ0n) is 17.8. The Hall–Kier alpha value is -3.74. The molecule has 0 saturated heterocycles. The van der Waals surface area contributed by atoms with Crippen molar-refractivity contribution < 1.29 is 0 Å². The minimum atomic E-state index is 0.687. The summed E-state index contributed by atoms with van der Waals surface area (Å²) in [5.41, 5.74) is 9.88. The van der Waals surface area contributed by atoms with Crippen LogP contribution in [0.5, 0.6) is 0 Å². The van der Waals surface area contributed by atoms with E-state index in [9.17, 15) is 0 Å². The molecule has 0 aliphatic carbocycles. The molecule has 162 valence electrons. The van der Waals surface area contributed by atoms with Crippen LogP contribution >= 0.6 is 22.9 Å². The van der Waals surface area contributed by atoms with Crippen molar-refractivity contribution >= 4 is 34.3 Å². The number of aromatic nitrogens is 3. The number of nitrogens with zero attached hydrogens (tertiary/aromatic N) is 4. The number of halogens is 1. The Morgan fingerprint density at radius 2 is 1.79 bits per heavy atom. The molecule has 0 unspecified atom stereocenters. The molecule has 3 aromatic carbocycles. The van der Waals surface area contributed by atoms with Gasteiger partial charge in [-0.15, -0.1) is 11.3 Å². The van der Waals surface area contributed by atoms with E-state index in [1.165, 1.54) is 16.9 Å². The van der Waals surface area contributed by atoms with Crippen LogP contribution < -0.4 is 5.43 Å². The third-order valence-corrected chi connectivity index (χ3v) is 6.06. The molecule has 7 heteroatoms. The Morgan fingerprint density at radius 1 is 0.970 bits per heavy atom. The Labute approximate surface area is 201 Å². The van der Waals surface area contributed by atoms with Gasteiger partial charge in [0.15, 0.2) is 0 Å². The van der Waals surface area contributed by atoms with Crippen molar-refractivity contribution in [3.8, 4) is 28.2 Å². The minimum absolute atomic E-state index is 0.687. The molecule has 5 aromatic rings. The van der Waals surface area contributed by atoms with Crippen molar-refractivity contribution in [3.63, 3.8) is 0 Å². The van der Waals surface area contributed by atoms with Gasteiger partial charge in [0.2, 0.25) is 5.13 Å². The Morgan fingerprint density at radius 3 is 2.58 bits per heavy atom. The van der Waals surface area contributed by atoms with Gasteiger partial charge in [-0.1, -0.05) is 71.8 Å². The molecule has 0 atom stereocenters. The number of para-hydroxylation sites is 1. The van der Waals surface area contributed by atoms with E-state index < -0.39 is 0 Å². The molecule has 0 aliphatic rings. The van der Waals surface area contributed by atoms with E-state index in [4.69, 9.17) is 16.7 Å². The van der Waals surface area contributed by atoms with Crippen LogP contribution in [0.4, 0.5) is 5.13 Å². The lowest BCUT2D eigenvalue weighted by Crippen LogP contribution is -1.93. The van der Waals surface area contributed by atoms with E-state index in [0.29, 0.717) is 10.2 Å². The maximum Gasteiger partial charge on any atom is 0.203 e. The second kappa shape index (κ2) is 9.40. The topological polar surface area (TPSA) is 55.1 Å². The van der Waals surface area contributed by atoms with Crippen LogP contribution in [0.2, 0.25) is 5.02 Å². The molecular formula is C26H20ClN5S. The molecule has 5 rings (SSSR count). The number of hydrogen-bond donors (Lipinski definition) is 1. The van der Waals surface area contributed by atoms with Gasteiger partial charge in [0.25, 0.3) is 0 Å². The number of hydrogen-bond acceptors (Lipinski definition) is 5. The van der Waals surface area contributed by atoms with E-state index in [1.54, 1.807) is 6.21 Å². The van der Waals surface area contributed by atoms with Crippen LogP contribution in [0, 0.1) is 6.92 Å². The highest BCUT2D eigenvalue weighted by atomic mass is 35.5. The maximum atomic E-state index is 6.10. The van der Waals surface area contributed by atoms with Gasteiger partial charge in [-0.3, -0.25) is 5.43 Å². The fourth-order valence-electron chi connectivity index (χ4n) is 3.39. The zero-order valence-corrected chi connectivity index (χ0v) is 19.4. The quantitative estimate of drug-likeness (QED) is 0.214. The lowest BCUT2D eigenvalue weighted by Gasteiger charge is -2.01. The standard InChI is InChI=1S/C26H20ClN5S/c1-18-10-12-19(13-11-18)25-21(16-32(31-25)23-8-3-2-4-9-23)15-28-30-26-29-24(17-33-26)20-6-5-7-22(27)14-20/h2-17H,1H3,(H,29,30)/b28-15+. The molecule has 0 fully saturated rings. The average Bonchev–Trinajstić information content (AvgIpc) is 3.48. The molecule has 0 aliphatic heterocycles. The highest BCUT2D eigenvalue weighted by Crippen LogP contribution is 2.27. The summed E-state index contributed by atoms with van der Waals surface area (Å²) in [6.45, 7) is 2.07. The van der Waals surface area contributed by atoms with E-state index in [1.807, 2.05) is 70.9 Å². The third-order valence-electron chi connectivity index (χ3n) is 5.08. The fourth-order valence-corrected chi connectivity index (χ4v) is 4.25. The van der Waals surface area contributed by atoms with Gasteiger partial charge in [0.05, 0.1) is 17.6 Å². The number of nitrogens with one attached hydrogen (secondary N) is 1. The first-order valence-electron chi connectivity index (χ1n) is 10.4. The Balaban J connectivity index is 1.41. The summed E-state index contributed by atoms with van der Waals surface area (Å²) in [5, 5.41) is 12.6. The maximum absolute atomic E-state index is 6.10. The summed E-state index contributed by atoms with van der Waals surface area (Å²) in [6, 6.07) is 26.0. The first-order chi connectivity index (χ1) is 16.2. The van der Waals surface area contributed by atoms with Crippen molar-refractivity contribution in [1.82, 2.24) is 14.8 Å². The fraction of sp³-hybridized carbons (Fsp3) is 0.0385. The van der Waals surface area contributed by atoms with Gasteiger partial charge in [-0.25, -0.2) is 9.67 Å². The predicted molar refractivity (Wildman–Crippen MR) is 138 cm³/mol. The highest BCUT2D eigenvalue weighted by molar-refractivity contribution is 7.14. The van der Waals surface area contributed by atoms with E-state index in [0.717, 1.165) is 33.8 Å². The van der Waals surface area contributed by atoms with Crippen molar-refractivity contribution in [2.75, 3.05) is 5.43 Å². The number of hydrazone groups is 1. The average molecular weight is 470 g/mol. The second-order valence-corrected chi connectivity index (χ2v) is 8.79. The summed E-state index contributed by atoms with van der Waals surface area (Å²) in [7, 11) is 0. The summed E-state index contributed by atoms with van der Waals surface area (Å²) in [6.07, 6.45) is 3.76. The van der Waals surface area contributed by atoms with Gasteiger partial charge < -0.3 is 0 Å². The van der Waals surface area contributed by atoms with Gasteiger partial charge in [0, 0.05) is 33.3 Å². The first-order valence-corrected chi connectivity index (χ1v) is 11.6. The monoisotopic (exact) mass is 469 g/mol. The predicted octanol–water partition coefficient (Wildman–Crippen LogP) is 7.07. The molecule has 1 N–H and O–H groups in total. The number of benzene rings is 3. The van der Waals surface area contributed by atoms with Crippen LogP contribution in [0.25, 0.3) is 28.2 Å². The van der Waals surface area contributed by atoms with Crippen LogP contribution in [-0.2, 0) is 0 Å². The van der Waals surface area contributed by atoms with Crippen LogP contribution in [0.15, 0.2) is 95.5 Å². The Kier molecular flexibility index (Phi) is 6.02. The molecule has 0 bridgehead atoms. The molecule has 0 radical (unpaired) electrons. The van der Waals surface area contributed by atoms with Gasteiger partial charge in [0.1, 0.15) is 5.69 Å². The van der Waals surface area contributed by atoms with E-state index >= 15 is 0 Å². The Bertz CT molecular complexity index is 1400. The minimum Gasteiger partial charge on any atom is -0.253 e. The normalized spacial score (nSPS) is 11.2.